The number of benzene rings is 1. The van der Waals surface area contributed by atoms with Crippen LogP contribution in [0.25, 0.3) is 0 Å². The molecule has 0 bridgehead atoms. The molecule has 0 N–H and O–H groups in total. The van der Waals surface area contributed by atoms with Crippen LogP contribution < -0.4 is 0 Å². The largest absolute Gasteiger partial charge is 0.376 e. The average molecular weight is 275 g/mol. The molecule has 1 aliphatic rings. The van der Waals surface area contributed by atoms with E-state index in [2.05, 4.69) is 6.92 Å². The molecule has 1 atom stereocenters. The van der Waals surface area contributed by atoms with E-state index in [0.717, 1.165) is 24.9 Å². The van der Waals surface area contributed by atoms with E-state index in [9.17, 15) is 4.79 Å². The molecule has 1 aliphatic heterocycles. The third-order valence-electron chi connectivity index (χ3n) is 3.95. The van der Waals surface area contributed by atoms with Gasteiger partial charge in [0.1, 0.15) is 0 Å². The SMILES string of the molecule is C[C@H]1CCCCCN1C(=O)CCOCc1ccccc1. The van der Waals surface area contributed by atoms with Crippen molar-refractivity contribution in [2.24, 2.45) is 0 Å². The minimum atomic E-state index is 0.243. The van der Waals surface area contributed by atoms with Crippen LogP contribution in [0.5, 0.6) is 0 Å². The maximum atomic E-state index is 12.2. The quantitative estimate of drug-likeness (QED) is 0.771. The fourth-order valence-electron chi connectivity index (χ4n) is 2.71. The van der Waals surface area contributed by atoms with E-state index in [1.165, 1.54) is 12.8 Å². The summed E-state index contributed by atoms with van der Waals surface area (Å²) in [6.45, 7) is 4.17. The minimum Gasteiger partial charge on any atom is -0.376 e. The van der Waals surface area contributed by atoms with Crippen molar-refractivity contribution in [1.29, 1.82) is 0 Å². The lowest BCUT2D eigenvalue weighted by Crippen LogP contribution is -2.38. The average Bonchev–Trinajstić information content (AvgIpc) is 2.69. The first kappa shape index (κ1) is 15.0. The van der Waals surface area contributed by atoms with Crippen molar-refractivity contribution in [1.82, 2.24) is 4.90 Å². The zero-order valence-electron chi connectivity index (χ0n) is 12.4. The van der Waals surface area contributed by atoms with Gasteiger partial charge in [-0.05, 0) is 25.3 Å². The standard InChI is InChI=1S/C17H25NO2/c1-15-8-4-3-7-12-18(15)17(19)11-13-20-14-16-9-5-2-6-10-16/h2,5-6,9-10,15H,3-4,7-8,11-14H2,1H3/t15-/m0/s1. The Morgan fingerprint density at radius 2 is 2.05 bits per heavy atom. The van der Waals surface area contributed by atoms with Crippen molar-refractivity contribution < 1.29 is 9.53 Å². The first-order valence-corrected chi connectivity index (χ1v) is 7.68. The van der Waals surface area contributed by atoms with Crippen LogP contribution in [0.3, 0.4) is 0 Å². The van der Waals surface area contributed by atoms with Gasteiger partial charge in [-0.1, -0.05) is 43.2 Å². The van der Waals surface area contributed by atoms with E-state index >= 15 is 0 Å². The van der Waals surface area contributed by atoms with Gasteiger partial charge in [-0.2, -0.15) is 0 Å². The molecule has 0 spiro atoms. The van der Waals surface area contributed by atoms with Crippen molar-refractivity contribution in [3.05, 3.63) is 35.9 Å². The number of carbonyl (C=O) groups is 1. The Bertz CT molecular complexity index is 405. The number of hydrogen-bond acceptors (Lipinski definition) is 2. The van der Waals surface area contributed by atoms with E-state index in [4.69, 9.17) is 4.74 Å². The van der Waals surface area contributed by atoms with Crippen molar-refractivity contribution >= 4 is 5.91 Å². The number of nitrogens with zero attached hydrogens (tertiary/aromatic N) is 1. The Labute approximate surface area is 121 Å². The van der Waals surface area contributed by atoms with Crippen LogP contribution in [-0.4, -0.2) is 30.0 Å². The van der Waals surface area contributed by atoms with E-state index in [-0.39, 0.29) is 5.91 Å². The molecule has 0 saturated carbocycles. The lowest BCUT2D eigenvalue weighted by molar-refractivity contribution is -0.134. The second-order valence-electron chi connectivity index (χ2n) is 5.57. The van der Waals surface area contributed by atoms with Crippen molar-refractivity contribution in [3.8, 4) is 0 Å². The molecule has 2 rings (SSSR count). The molecule has 110 valence electrons. The molecule has 0 aromatic heterocycles. The molecule has 0 radical (unpaired) electrons. The second-order valence-corrected chi connectivity index (χ2v) is 5.57. The summed E-state index contributed by atoms with van der Waals surface area (Å²) >= 11 is 0. The van der Waals surface area contributed by atoms with Gasteiger partial charge in [0.15, 0.2) is 0 Å². The highest BCUT2D eigenvalue weighted by Gasteiger charge is 2.21. The highest BCUT2D eigenvalue weighted by molar-refractivity contribution is 5.76. The summed E-state index contributed by atoms with van der Waals surface area (Å²) < 4.78 is 5.60. The monoisotopic (exact) mass is 275 g/mol. The van der Waals surface area contributed by atoms with E-state index < -0.39 is 0 Å². The fourth-order valence-corrected chi connectivity index (χ4v) is 2.71. The smallest absolute Gasteiger partial charge is 0.225 e. The lowest BCUT2D eigenvalue weighted by Gasteiger charge is -2.27. The van der Waals surface area contributed by atoms with E-state index in [1.807, 2.05) is 35.2 Å². The molecule has 1 saturated heterocycles. The Kier molecular flexibility index (Phi) is 6.06. The van der Waals surface area contributed by atoms with Gasteiger partial charge in [-0.25, -0.2) is 0 Å². The Morgan fingerprint density at radius 1 is 1.25 bits per heavy atom. The number of carbonyl (C=O) groups excluding carboxylic acids is 1. The van der Waals surface area contributed by atoms with Gasteiger partial charge < -0.3 is 9.64 Å². The minimum absolute atomic E-state index is 0.243. The molecule has 20 heavy (non-hydrogen) atoms. The van der Waals surface area contributed by atoms with Gasteiger partial charge in [0.05, 0.1) is 19.6 Å². The van der Waals surface area contributed by atoms with E-state index in [1.54, 1.807) is 0 Å². The molecule has 1 fully saturated rings. The van der Waals surface area contributed by atoms with Crippen molar-refractivity contribution in [3.63, 3.8) is 0 Å². The molecule has 1 aromatic rings. The number of amides is 1. The highest BCUT2D eigenvalue weighted by atomic mass is 16.5. The topological polar surface area (TPSA) is 29.5 Å². The molecule has 3 nitrogen and oxygen atoms in total. The fraction of sp³-hybridized carbons (Fsp3) is 0.588. The maximum absolute atomic E-state index is 12.2. The Balaban J connectivity index is 1.69. The second kappa shape index (κ2) is 8.05. The van der Waals surface area contributed by atoms with Crippen LogP contribution in [0.1, 0.15) is 44.6 Å². The number of rotatable bonds is 5. The van der Waals surface area contributed by atoms with Crippen LogP contribution in [0.2, 0.25) is 0 Å². The molecule has 0 unspecified atom stereocenters. The summed E-state index contributed by atoms with van der Waals surface area (Å²) in [5.74, 6) is 0.243. The summed E-state index contributed by atoms with van der Waals surface area (Å²) in [6.07, 6.45) is 5.27. The van der Waals surface area contributed by atoms with Gasteiger partial charge in [0.25, 0.3) is 0 Å². The molecule has 1 amide bonds. The van der Waals surface area contributed by atoms with E-state index in [0.29, 0.717) is 25.7 Å². The molecular formula is C17H25NO2. The zero-order valence-corrected chi connectivity index (χ0v) is 12.4. The molecule has 1 aromatic carbocycles. The van der Waals surface area contributed by atoms with Gasteiger partial charge in [0.2, 0.25) is 5.91 Å². The third kappa shape index (κ3) is 4.64. The number of ether oxygens (including phenoxy) is 1. The Morgan fingerprint density at radius 3 is 2.85 bits per heavy atom. The predicted octanol–water partition coefficient (Wildman–Crippen LogP) is 3.38. The van der Waals surface area contributed by atoms with Crippen LogP contribution in [0.4, 0.5) is 0 Å². The number of likely N-dealkylation sites (tertiary alicyclic amines) is 1. The summed E-state index contributed by atoms with van der Waals surface area (Å²) in [5.41, 5.74) is 1.16. The zero-order chi connectivity index (χ0) is 14.2. The predicted molar refractivity (Wildman–Crippen MR) is 80.4 cm³/mol. The normalized spacial score (nSPS) is 19.6. The first-order valence-electron chi connectivity index (χ1n) is 7.68. The van der Waals surface area contributed by atoms with Gasteiger partial charge in [0, 0.05) is 12.6 Å². The van der Waals surface area contributed by atoms with Gasteiger partial charge >= 0.3 is 0 Å². The van der Waals surface area contributed by atoms with Crippen molar-refractivity contribution in [2.45, 2.75) is 51.7 Å². The summed E-state index contributed by atoms with van der Waals surface area (Å²) in [7, 11) is 0. The van der Waals surface area contributed by atoms with Gasteiger partial charge in [-0.15, -0.1) is 0 Å². The highest BCUT2D eigenvalue weighted by Crippen LogP contribution is 2.17. The van der Waals surface area contributed by atoms with Crippen molar-refractivity contribution in [2.75, 3.05) is 13.2 Å². The molecule has 0 aliphatic carbocycles. The van der Waals surface area contributed by atoms with Crippen LogP contribution in [0.15, 0.2) is 30.3 Å². The maximum Gasteiger partial charge on any atom is 0.225 e. The molecular weight excluding hydrogens is 250 g/mol. The van der Waals surface area contributed by atoms with Crippen LogP contribution in [0, 0.1) is 0 Å². The molecule has 3 heteroatoms. The first-order chi connectivity index (χ1) is 9.77. The molecule has 1 heterocycles. The Hall–Kier alpha value is -1.35. The summed E-state index contributed by atoms with van der Waals surface area (Å²) in [5, 5.41) is 0. The van der Waals surface area contributed by atoms with Crippen LogP contribution >= 0.6 is 0 Å². The summed E-state index contributed by atoms with van der Waals surface area (Å²) in [6, 6.07) is 10.5. The number of hydrogen-bond donors (Lipinski definition) is 0. The van der Waals surface area contributed by atoms with Gasteiger partial charge in [-0.3, -0.25) is 4.79 Å². The lowest BCUT2D eigenvalue weighted by atomic mass is 10.1. The third-order valence-corrected chi connectivity index (χ3v) is 3.95. The summed E-state index contributed by atoms with van der Waals surface area (Å²) in [4.78, 5) is 14.3. The van der Waals surface area contributed by atoms with Crippen LogP contribution in [-0.2, 0) is 16.1 Å².